The molecule has 3 aliphatic rings. The Labute approximate surface area is 330 Å². The zero-order chi connectivity index (χ0) is 37.0. The molecule has 0 saturated heterocycles. The van der Waals surface area contributed by atoms with Crippen LogP contribution in [-0.2, 0) is 53.0 Å². The molecule has 1 aliphatic carbocycles. The van der Waals surface area contributed by atoms with E-state index in [0.717, 1.165) is 50.1 Å². The summed E-state index contributed by atoms with van der Waals surface area (Å²) in [6.07, 6.45) is 1.88. The van der Waals surface area contributed by atoms with E-state index in [0.29, 0.717) is 15.7 Å². The van der Waals surface area contributed by atoms with Gasteiger partial charge in [-0.05, 0) is 78.8 Å². The van der Waals surface area contributed by atoms with Gasteiger partial charge in [0.05, 0.1) is 5.52 Å². The molecule has 2 aliphatic heterocycles. The van der Waals surface area contributed by atoms with Gasteiger partial charge >= 0.3 is 21.1 Å². The molecule has 53 heavy (non-hydrogen) atoms. The maximum absolute atomic E-state index is 15.0. The molecule has 5 nitrogen and oxygen atoms in total. The van der Waals surface area contributed by atoms with Crippen molar-refractivity contribution in [3.05, 3.63) is 128 Å². The summed E-state index contributed by atoms with van der Waals surface area (Å²) in [5.74, 6) is 0.561. The first-order valence-corrected chi connectivity index (χ1v) is 19.4. The van der Waals surface area contributed by atoms with Gasteiger partial charge in [0, 0.05) is 33.2 Å². The minimum absolute atomic E-state index is 0. The van der Waals surface area contributed by atoms with Gasteiger partial charge in [0.25, 0.3) is 0 Å². The van der Waals surface area contributed by atoms with Gasteiger partial charge in [-0.1, -0.05) is 101 Å². The van der Waals surface area contributed by atoms with Gasteiger partial charge in [0.15, 0.2) is 0 Å². The molecule has 9 rings (SSSR count). The predicted molar refractivity (Wildman–Crippen MR) is 211 cm³/mol. The van der Waals surface area contributed by atoms with E-state index in [1.54, 1.807) is 0 Å². The predicted octanol–water partition coefficient (Wildman–Crippen LogP) is 10.2. The first kappa shape index (κ1) is 36.1. The number of ether oxygens (including phenoxy) is 1. The molecule has 0 radical (unpaired) electrons. The SMILES string of the molecule is Cc1cc(C)c2c(c1)[C@@]1(C)N=C(c3[c-]c(S(=O)c4[c-]c5c(cc4C)C(C)(C)c4cccc6c7c(C)ccnc7n-5c46)c(C)cc3C)O[C@@]1(C)C2(C)C.[Pt+2]. The van der Waals surface area contributed by atoms with Crippen molar-refractivity contribution in [2.75, 3.05) is 0 Å². The third-order valence-corrected chi connectivity index (χ3v) is 14.6. The van der Waals surface area contributed by atoms with Crippen molar-refractivity contribution in [2.45, 2.75) is 115 Å². The first-order valence-electron chi connectivity index (χ1n) is 18.3. The molecule has 2 aromatic heterocycles. The second-order valence-corrected chi connectivity index (χ2v) is 18.2. The van der Waals surface area contributed by atoms with E-state index < -0.39 is 21.9 Å². The van der Waals surface area contributed by atoms with Crippen molar-refractivity contribution < 1.29 is 30.0 Å². The molecule has 6 aromatic rings. The number of para-hydroxylation sites is 1. The molecule has 7 heteroatoms. The van der Waals surface area contributed by atoms with Gasteiger partial charge in [0.1, 0.15) is 22.7 Å². The van der Waals surface area contributed by atoms with Crippen LogP contribution in [0.1, 0.15) is 103 Å². The number of nitrogens with zero attached hydrogens (tertiary/aromatic N) is 3. The van der Waals surface area contributed by atoms with Crippen LogP contribution in [0, 0.1) is 53.7 Å². The third-order valence-electron chi connectivity index (χ3n) is 13.0. The molecule has 0 fully saturated rings. The van der Waals surface area contributed by atoms with Crippen molar-refractivity contribution in [3.8, 4) is 5.69 Å². The third kappa shape index (κ3) is 4.43. The molecule has 4 aromatic carbocycles. The number of benzene rings is 4. The summed E-state index contributed by atoms with van der Waals surface area (Å²) in [5, 5.41) is 2.33. The monoisotopic (exact) mass is 898 g/mol. The first-order chi connectivity index (χ1) is 24.4. The van der Waals surface area contributed by atoms with Crippen molar-refractivity contribution in [1.82, 2.24) is 9.55 Å². The number of aliphatic imine (C=N–C) groups is 1. The number of aromatic nitrogens is 2. The standard InChI is InChI=1S/C46H45N3O2S.Pt/c1-24-18-29(6)39-34(19-24)45(11)46(12,44(39,9)10)51-42(48-45)31-22-36(27(4)20-26(31)3)52(50)37-23-35-33(21-28(37)5)43(7,8)32-15-13-14-30-38-25(2)16-17-47-41(38)49(35)40(30)32;/h13-21H,1-12H3;/q-2;+2/t45-,46+,52?;/m1./s1. The Morgan fingerprint density at radius 1 is 0.755 bits per heavy atom. The fourth-order valence-corrected chi connectivity index (χ4v) is 11.3. The summed E-state index contributed by atoms with van der Waals surface area (Å²) in [4.78, 5) is 11.6. The molecule has 0 N–H and O–H groups in total. The van der Waals surface area contributed by atoms with E-state index in [4.69, 9.17) is 14.7 Å². The fraction of sp³-hybridized carbons (Fsp3) is 0.348. The normalized spacial score (nSPS) is 22.2. The summed E-state index contributed by atoms with van der Waals surface area (Å²) in [6, 6.07) is 24.9. The van der Waals surface area contributed by atoms with Gasteiger partial charge in [-0.25, -0.2) is 4.98 Å². The van der Waals surface area contributed by atoms with Gasteiger partial charge in [0.2, 0.25) is 0 Å². The average Bonchev–Trinajstić information content (AvgIpc) is 3.60. The van der Waals surface area contributed by atoms with Gasteiger partial charge in [-0.2, -0.15) is 6.07 Å². The van der Waals surface area contributed by atoms with Crippen LogP contribution >= 0.6 is 0 Å². The Hall–Kier alpha value is -3.86. The minimum Gasteiger partial charge on any atom is -0.510 e. The van der Waals surface area contributed by atoms with Crippen LogP contribution in [0.3, 0.4) is 0 Å². The molecule has 0 amide bonds. The van der Waals surface area contributed by atoms with Crippen LogP contribution in [0.15, 0.2) is 69.5 Å². The quantitative estimate of drug-likeness (QED) is 0.166. The van der Waals surface area contributed by atoms with E-state index in [1.165, 1.54) is 38.8 Å². The Morgan fingerprint density at radius 2 is 1.45 bits per heavy atom. The second-order valence-electron chi connectivity index (χ2n) is 16.9. The van der Waals surface area contributed by atoms with Gasteiger partial charge in [-0.3, -0.25) is 9.20 Å². The Kier molecular flexibility index (Phi) is 7.73. The van der Waals surface area contributed by atoms with Crippen LogP contribution in [0.25, 0.3) is 27.6 Å². The van der Waals surface area contributed by atoms with Crippen LogP contribution in [0.2, 0.25) is 0 Å². The fourth-order valence-electron chi connectivity index (χ4n) is 9.97. The van der Waals surface area contributed by atoms with Gasteiger partial charge < -0.3 is 9.30 Å². The summed E-state index contributed by atoms with van der Waals surface area (Å²) in [5.41, 5.74) is 13.4. The maximum atomic E-state index is 15.0. The largest absolute Gasteiger partial charge is 2.00 e. The van der Waals surface area contributed by atoms with E-state index in [1.807, 2.05) is 20.0 Å². The van der Waals surface area contributed by atoms with E-state index in [-0.39, 0.29) is 31.9 Å². The number of pyridine rings is 1. The van der Waals surface area contributed by atoms with Crippen LogP contribution in [-0.4, -0.2) is 25.3 Å². The Bertz CT molecular complexity index is 2680. The van der Waals surface area contributed by atoms with Crippen LogP contribution < -0.4 is 0 Å². The summed E-state index contributed by atoms with van der Waals surface area (Å²) in [7, 11) is -1.58. The van der Waals surface area contributed by atoms with Crippen molar-refractivity contribution in [2.24, 2.45) is 4.99 Å². The zero-order valence-corrected chi connectivity index (χ0v) is 35.7. The van der Waals surface area contributed by atoms with Crippen molar-refractivity contribution >= 4 is 38.6 Å². The molecule has 1 unspecified atom stereocenters. The van der Waals surface area contributed by atoms with E-state index >= 15 is 0 Å². The van der Waals surface area contributed by atoms with E-state index in [2.05, 4.69) is 134 Å². The number of aryl methyl sites for hydroxylation is 6. The van der Waals surface area contributed by atoms with Crippen LogP contribution in [0.5, 0.6) is 0 Å². The maximum Gasteiger partial charge on any atom is 2.00 e. The molecule has 0 spiro atoms. The summed E-state index contributed by atoms with van der Waals surface area (Å²) in [6.45, 7) is 26.1. The molecule has 272 valence electrons. The molecular weight excluding hydrogens is 854 g/mol. The molecule has 3 atom stereocenters. The Balaban J connectivity index is 0.00000400. The number of fused-ring (bicyclic) bond motifs is 8. The van der Waals surface area contributed by atoms with Crippen LogP contribution in [0.4, 0.5) is 0 Å². The second kappa shape index (κ2) is 11.3. The summed E-state index contributed by atoms with van der Waals surface area (Å²) < 4.78 is 24.3. The van der Waals surface area contributed by atoms with Gasteiger partial charge in [-0.15, -0.1) is 40.5 Å². The molecule has 0 saturated carbocycles. The zero-order valence-electron chi connectivity index (χ0n) is 32.6. The summed E-state index contributed by atoms with van der Waals surface area (Å²) >= 11 is 0. The topological polar surface area (TPSA) is 56.5 Å². The smallest absolute Gasteiger partial charge is 0.510 e. The molecular formula is C46H45N3O2PtS. The Morgan fingerprint density at radius 3 is 2.19 bits per heavy atom. The van der Waals surface area contributed by atoms with E-state index in [9.17, 15) is 4.21 Å². The van der Waals surface area contributed by atoms with Crippen molar-refractivity contribution in [3.63, 3.8) is 0 Å². The number of hydrogen-bond donors (Lipinski definition) is 0. The minimum atomic E-state index is -1.58. The molecule has 0 bridgehead atoms. The number of rotatable bonds is 3. The molecule has 4 heterocycles. The number of hydrogen-bond acceptors (Lipinski definition) is 4. The average molecular weight is 899 g/mol. The van der Waals surface area contributed by atoms with Crippen molar-refractivity contribution in [1.29, 1.82) is 0 Å².